The molecule has 1 fully saturated rings. The molecule has 3 heteroatoms. The molecule has 88 valence electrons. The van der Waals surface area contributed by atoms with E-state index in [0.29, 0.717) is 5.92 Å². The first-order chi connectivity index (χ1) is 7.84. The normalized spacial score (nSPS) is 23.3. The standard InChI is InChI=1S/C13H20N2S/c14-12(9-5-2-1-3-6-9)13-15-10-7-4-8-11(10)16-13/h9,12H,1-8,14H2. The molecule has 2 N–H and O–H groups in total. The molecular weight excluding hydrogens is 216 g/mol. The minimum absolute atomic E-state index is 0.218. The Morgan fingerprint density at radius 3 is 2.69 bits per heavy atom. The maximum atomic E-state index is 6.38. The van der Waals surface area contributed by atoms with Gasteiger partial charge in [0.05, 0.1) is 11.7 Å². The SMILES string of the molecule is NC(c1nc2c(s1)CCC2)C1CCCCC1. The van der Waals surface area contributed by atoms with Crippen LogP contribution in [-0.4, -0.2) is 4.98 Å². The van der Waals surface area contributed by atoms with E-state index in [1.807, 2.05) is 11.3 Å². The quantitative estimate of drug-likeness (QED) is 0.856. The van der Waals surface area contributed by atoms with Crippen LogP contribution in [0.3, 0.4) is 0 Å². The Bertz CT molecular complexity index is 345. The van der Waals surface area contributed by atoms with Crippen molar-refractivity contribution in [3.05, 3.63) is 15.6 Å². The van der Waals surface area contributed by atoms with Gasteiger partial charge in [-0.3, -0.25) is 0 Å². The highest BCUT2D eigenvalue weighted by Gasteiger charge is 2.26. The summed E-state index contributed by atoms with van der Waals surface area (Å²) in [5.74, 6) is 0.694. The second kappa shape index (κ2) is 4.46. The molecular formula is C13H20N2S. The molecule has 1 heterocycles. The van der Waals surface area contributed by atoms with E-state index in [2.05, 4.69) is 0 Å². The Hall–Kier alpha value is -0.410. The van der Waals surface area contributed by atoms with E-state index >= 15 is 0 Å². The fourth-order valence-corrected chi connectivity index (χ4v) is 4.30. The number of nitrogens with zero attached hydrogens (tertiary/aromatic N) is 1. The first-order valence-corrected chi connectivity index (χ1v) is 7.40. The summed E-state index contributed by atoms with van der Waals surface area (Å²) < 4.78 is 0. The van der Waals surface area contributed by atoms with E-state index in [4.69, 9.17) is 10.7 Å². The van der Waals surface area contributed by atoms with Crippen LogP contribution in [0.2, 0.25) is 0 Å². The summed E-state index contributed by atoms with van der Waals surface area (Å²) >= 11 is 1.89. The fraction of sp³-hybridized carbons (Fsp3) is 0.769. The molecule has 1 atom stereocenters. The second-order valence-electron chi connectivity index (χ2n) is 5.20. The molecule has 0 spiro atoms. The van der Waals surface area contributed by atoms with E-state index in [-0.39, 0.29) is 6.04 Å². The molecule has 2 nitrogen and oxygen atoms in total. The van der Waals surface area contributed by atoms with Gasteiger partial charge in [-0.1, -0.05) is 19.3 Å². The highest BCUT2D eigenvalue weighted by atomic mass is 32.1. The van der Waals surface area contributed by atoms with Crippen LogP contribution in [0.1, 0.15) is 60.1 Å². The average Bonchev–Trinajstić information content (AvgIpc) is 2.89. The van der Waals surface area contributed by atoms with Crippen LogP contribution < -0.4 is 5.73 Å². The minimum atomic E-state index is 0.218. The van der Waals surface area contributed by atoms with Gasteiger partial charge in [0.2, 0.25) is 0 Å². The van der Waals surface area contributed by atoms with Crippen LogP contribution in [0, 0.1) is 5.92 Å². The molecule has 1 aromatic heterocycles. The molecule has 1 aromatic rings. The van der Waals surface area contributed by atoms with Gasteiger partial charge in [-0.2, -0.15) is 0 Å². The van der Waals surface area contributed by atoms with Crippen LogP contribution in [0.25, 0.3) is 0 Å². The maximum Gasteiger partial charge on any atom is 0.110 e. The molecule has 2 aliphatic carbocycles. The van der Waals surface area contributed by atoms with Crippen molar-refractivity contribution in [2.24, 2.45) is 11.7 Å². The Morgan fingerprint density at radius 2 is 1.94 bits per heavy atom. The van der Waals surface area contributed by atoms with E-state index in [9.17, 15) is 0 Å². The van der Waals surface area contributed by atoms with Crippen LogP contribution in [0.15, 0.2) is 0 Å². The van der Waals surface area contributed by atoms with Crippen LogP contribution in [0.5, 0.6) is 0 Å². The Balaban J connectivity index is 1.75. The Kier molecular flexibility index (Phi) is 2.99. The van der Waals surface area contributed by atoms with Gasteiger partial charge >= 0.3 is 0 Å². The first-order valence-electron chi connectivity index (χ1n) is 6.58. The summed E-state index contributed by atoms with van der Waals surface area (Å²) in [7, 11) is 0. The molecule has 1 saturated carbocycles. The summed E-state index contributed by atoms with van der Waals surface area (Å²) in [6.45, 7) is 0. The molecule has 0 bridgehead atoms. The van der Waals surface area contributed by atoms with Gasteiger partial charge < -0.3 is 5.73 Å². The van der Waals surface area contributed by atoms with Crippen molar-refractivity contribution < 1.29 is 0 Å². The van der Waals surface area contributed by atoms with Crippen molar-refractivity contribution in [2.75, 3.05) is 0 Å². The van der Waals surface area contributed by atoms with Crippen molar-refractivity contribution in [1.82, 2.24) is 4.98 Å². The third-order valence-electron chi connectivity index (χ3n) is 4.06. The smallest absolute Gasteiger partial charge is 0.110 e. The molecule has 0 aliphatic heterocycles. The zero-order chi connectivity index (χ0) is 11.0. The predicted molar refractivity (Wildman–Crippen MR) is 67.6 cm³/mol. The van der Waals surface area contributed by atoms with Gasteiger partial charge in [0, 0.05) is 4.88 Å². The van der Waals surface area contributed by atoms with Crippen molar-refractivity contribution in [3.63, 3.8) is 0 Å². The van der Waals surface area contributed by atoms with Gasteiger partial charge in [-0.25, -0.2) is 4.98 Å². The monoisotopic (exact) mass is 236 g/mol. The molecule has 0 amide bonds. The number of rotatable bonds is 2. The first kappa shape index (κ1) is 10.7. The highest BCUT2D eigenvalue weighted by molar-refractivity contribution is 7.11. The van der Waals surface area contributed by atoms with Gasteiger partial charge in [0.25, 0.3) is 0 Å². The van der Waals surface area contributed by atoms with Crippen LogP contribution in [0.4, 0.5) is 0 Å². The number of thiazole rings is 1. The predicted octanol–water partition coefficient (Wildman–Crippen LogP) is 3.21. The molecule has 16 heavy (non-hydrogen) atoms. The van der Waals surface area contributed by atoms with Crippen molar-refractivity contribution >= 4 is 11.3 Å². The molecule has 1 unspecified atom stereocenters. The summed E-state index contributed by atoms with van der Waals surface area (Å²) in [4.78, 5) is 6.27. The van der Waals surface area contributed by atoms with Crippen molar-refractivity contribution in [3.8, 4) is 0 Å². The second-order valence-corrected chi connectivity index (χ2v) is 6.31. The van der Waals surface area contributed by atoms with Crippen LogP contribution in [-0.2, 0) is 12.8 Å². The Labute approximate surface area is 101 Å². The largest absolute Gasteiger partial charge is 0.322 e. The number of fused-ring (bicyclic) bond motifs is 1. The van der Waals surface area contributed by atoms with Crippen molar-refractivity contribution in [2.45, 2.75) is 57.4 Å². The summed E-state index contributed by atoms with van der Waals surface area (Å²) in [5, 5.41) is 1.22. The average molecular weight is 236 g/mol. The highest BCUT2D eigenvalue weighted by Crippen LogP contribution is 2.37. The van der Waals surface area contributed by atoms with Gasteiger partial charge in [0.1, 0.15) is 5.01 Å². The number of aromatic nitrogens is 1. The number of hydrogen-bond donors (Lipinski definition) is 1. The minimum Gasteiger partial charge on any atom is -0.322 e. The van der Waals surface area contributed by atoms with Gasteiger partial charge in [-0.15, -0.1) is 11.3 Å². The topological polar surface area (TPSA) is 38.9 Å². The third-order valence-corrected chi connectivity index (χ3v) is 5.31. The number of aryl methyl sites for hydroxylation is 2. The summed E-state index contributed by atoms with van der Waals surface area (Å²) in [6.07, 6.45) is 10.5. The van der Waals surface area contributed by atoms with Gasteiger partial charge in [0.15, 0.2) is 0 Å². The lowest BCUT2D eigenvalue weighted by atomic mass is 9.84. The Morgan fingerprint density at radius 1 is 1.12 bits per heavy atom. The number of nitrogens with two attached hydrogens (primary N) is 1. The molecule has 0 aromatic carbocycles. The maximum absolute atomic E-state index is 6.38. The number of hydrogen-bond acceptors (Lipinski definition) is 3. The fourth-order valence-electron chi connectivity index (χ4n) is 3.05. The lowest BCUT2D eigenvalue weighted by Crippen LogP contribution is -2.23. The molecule has 0 radical (unpaired) electrons. The zero-order valence-corrected chi connectivity index (χ0v) is 10.6. The summed E-state index contributed by atoms with van der Waals surface area (Å²) in [6, 6.07) is 0.218. The van der Waals surface area contributed by atoms with E-state index in [1.54, 1.807) is 0 Å². The lowest BCUT2D eigenvalue weighted by molar-refractivity contribution is 0.307. The zero-order valence-electron chi connectivity index (χ0n) is 9.74. The third kappa shape index (κ3) is 1.91. The lowest BCUT2D eigenvalue weighted by Gasteiger charge is -2.26. The van der Waals surface area contributed by atoms with Crippen LogP contribution >= 0.6 is 11.3 Å². The van der Waals surface area contributed by atoms with Gasteiger partial charge in [-0.05, 0) is 38.0 Å². The summed E-state index contributed by atoms with van der Waals surface area (Å²) in [5.41, 5.74) is 7.73. The molecule has 3 rings (SSSR count). The van der Waals surface area contributed by atoms with Crippen molar-refractivity contribution in [1.29, 1.82) is 0 Å². The molecule has 0 saturated heterocycles. The van der Waals surface area contributed by atoms with E-state index < -0.39 is 0 Å². The van der Waals surface area contributed by atoms with E-state index in [1.165, 1.54) is 66.9 Å². The van der Waals surface area contributed by atoms with E-state index in [0.717, 1.165) is 0 Å². The molecule has 2 aliphatic rings.